The first-order valence-corrected chi connectivity index (χ1v) is 7.47. The summed E-state index contributed by atoms with van der Waals surface area (Å²) in [5.74, 6) is 0. The topological polar surface area (TPSA) is 26.0 Å². The standard InChI is InChI=1S/C15H16BrNS/c1-10-5-3-4-6-14(10)18-15-8-7-12(11(2)17)9-13(15)16/h3-9,11H,17H2,1-2H3/t11-/m0/s1. The third-order valence-electron chi connectivity index (χ3n) is 2.80. The van der Waals surface area contributed by atoms with E-state index in [0.717, 1.165) is 10.0 Å². The van der Waals surface area contributed by atoms with Gasteiger partial charge in [0.1, 0.15) is 0 Å². The monoisotopic (exact) mass is 321 g/mol. The van der Waals surface area contributed by atoms with Gasteiger partial charge in [0, 0.05) is 20.3 Å². The van der Waals surface area contributed by atoms with Gasteiger partial charge < -0.3 is 5.73 Å². The molecule has 0 aliphatic heterocycles. The summed E-state index contributed by atoms with van der Waals surface area (Å²) >= 11 is 5.39. The number of rotatable bonds is 3. The lowest BCUT2D eigenvalue weighted by Crippen LogP contribution is -2.04. The van der Waals surface area contributed by atoms with Crippen LogP contribution in [0.4, 0.5) is 0 Å². The van der Waals surface area contributed by atoms with Gasteiger partial charge in [0.25, 0.3) is 0 Å². The molecule has 2 aromatic rings. The second-order valence-electron chi connectivity index (χ2n) is 4.35. The Labute approximate surface area is 121 Å². The summed E-state index contributed by atoms with van der Waals surface area (Å²) in [5, 5.41) is 0. The highest BCUT2D eigenvalue weighted by Crippen LogP contribution is 2.36. The summed E-state index contributed by atoms with van der Waals surface area (Å²) < 4.78 is 1.10. The first kappa shape index (κ1) is 13.7. The number of nitrogens with two attached hydrogens (primary N) is 1. The lowest BCUT2D eigenvalue weighted by atomic mass is 10.1. The SMILES string of the molecule is Cc1ccccc1Sc1ccc([C@H](C)N)cc1Br. The van der Waals surface area contributed by atoms with Crippen LogP contribution in [-0.4, -0.2) is 0 Å². The van der Waals surface area contributed by atoms with Crippen LogP contribution in [-0.2, 0) is 0 Å². The number of aryl methyl sites for hydroxylation is 1. The molecule has 1 nitrogen and oxygen atoms in total. The number of hydrogen-bond donors (Lipinski definition) is 1. The van der Waals surface area contributed by atoms with Gasteiger partial charge in [0.2, 0.25) is 0 Å². The highest BCUT2D eigenvalue weighted by molar-refractivity contribution is 9.10. The predicted molar refractivity (Wildman–Crippen MR) is 82.0 cm³/mol. The Bertz CT molecular complexity index is 552. The van der Waals surface area contributed by atoms with E-state index >= 15 is 0 Å². The summed E-state index contributed by atoms with van der Waals surface area (Å²) in [6.07, 6.45) is 0. The Morgan fingerprint density at radius 1 is 1.11 bits per heavy atom. The summed E-state index contributed by atoms with van der Waals surface area (Å²) in [5.41, 5.74) is 8.33. The van der Waals surface area contributed by atoms with Gasteiger partial charge >= 0.3 is 0 Å². The van der Waals surface area contributed by atoms with Crippen LogP contribution in [0.3, 0.4) is 0 Å². The van der Waals surface area contributed by atoms with Crippen LogP contribution in [0.25, 0.3) is 0 Å². The molecule has 0 spiro atoms. The molecule has 0 radical (unpaired) electrons. The zero-order valence-electron chi connectivity index (χ0n) is 10.5. The first-order valence-electron chi connectivity index (χ1n) is 5.86. The number of halogens is 1. The van der Waals surface area contributed by atoms with E-state index < -0.39 is 0 Å². The molecule has 0 aliphatic rings. The van der Waals surface area contributed by atoms with Crippen LogP contribution in [0.1, 0.15) is 24.1 Å². The number of hydrogen-bond acceptors (Lipinski definition) is 2. The molecule has 0 saturated heterocycles. The molecule has 0 fully saturated rings. The minimum Gasteiger partial charge on any atom is -0.324 e. The molecule has 0 unspecified atom stereocenters. The van der Waals surface area contributed by atoms with Gasteiger partial charge in [0.05, 0.1) is 0 Å². The predicted octanol–water partition coefficient (Wildman–Crippen LogP) is 4.93. The van der Waals surface area contributed by atoms with Crippen molar-refractivity contribution in [3.05, 3.63) is 58.1 Å². The first-order chi connectivity index (χ1) is 8.58. The van der Waals surface area contributed by atoms with Gasteiger partial charge in [-0.1, -0.05) is 36.0 Å². The van der Waals surface area contributed by atoms with Gasteiger partial charge in [-0.3, -0.25) is 0 Å². The highest BCUT2D eigenvalue weighted by atomic mass is 79.9. The molecule has 0 saturated carbocycles. The largest absolute Gasteiger partial charge is 0.324 e. The quantitative estimate of drug-likeness (QED) is 0.867. The van der Waals surface area contributed by atoms with E-state index in [9.17, 15) is 0 Å². The van der Waals surface area contributed by atoms with Crippen molar-refractivity contribution in [1.82, 2.24) is 0 Å². The molecule has 2 rings (SSSR count). The average molecular weight is 322 g/mol. The molecule has 1 atom stereocenters. The summed E-state index contributed by atoms with van der Waals surface area (Å²) in [4.78, 5) is 2.50. The molecular weight excluding hydrogens is 306 g/mol. The van der Waals surface area contributed by atoms with Crippen LogP contribution in [0, 0.1) is 6.92 Å². The van der Waals surface area contributed by atoms with E-state index in [0.29, 0.717) is 0 Å². The highest BCUT2D eigenvalue weighted by Gasteiger charge is 2.07. The molecule has 0 amide bonds. The van der Waals surface area contributed by atoms with Crippen molar-refractivity contribution in [2.75, 3.05) is 0 Å². The van der Waals surface area contributed by atoms with E-state index in [4.69, 9.17) is 5.73 Å². The lowest BCUT2D eigenvalue weighted by Gasteiger charge is -2.10. The third kappa shape index (κ3) is 3.16. The van der Waals surface area contributed by atoms with Crippen molar-refractivity contribution in [1.29, 1.82) is 0 Å². The Morgan fingerprint density at radius 3 is 2.44 bits per heavy atom. The number of benzene rings is 2. The minimum absolute atomic E-state index is 0.0683. The van der Waals surface area contributed by atoms with Crippen LogP contribution in [0.2, 0.25) is 0 Å². The fraction of sp³-hybridized carbons (Fsp3) is 0.200. The van der Waals surface area contributed by atoms with Gasteiger partial charge in [-0.15, -0.1) is 0 Å². The summed E-state index contributed by atoms with van der Waals surface area (Å²) in [6.45, 7) is 4.13. The van der Waals surface area contributed by atoms with Gasteiger partial charge in [-0.25, -0.2) is 0 Å². The fourth-order valence-electron chi connectivity index (χ4n) is 1.67. The second-order valence-corrected chi connectivity index (χ2v) is 6.28. The van der Waals surface area contributed by atoms with E-state index in [-0.39, 0.29) is 6.04 Å². The van der Waals surface area contributed by atoms with Crippen molar-refractivity contribution in [2.45, 2.75) is 29.7 Å². The van der Waals surface area contributed by atoms with E-state index in [1.54, 1.807) is 11.8 Å². The van der Waals surface area contributed by atoms with E-state index in [1.807, 2.05) is 6.92 Å². The maximum Gasteiger partial charge on any atom is 0.0318 e. The van der Waals surface area contributed by atoms with Crippen LogP contribution >= 0.6 is 27.7 Å². The molecular formula is C15H16BrNS. The lowest BCUT2D eigenvalue weighted by molar-refractivity contribution is 0.815. The van der Waals surface area contributed by atoms with Crippen molar-refractivity contribution in [3.8, 4) is 0 Å². The van der Waals surface area contributed by atoms with E-state index in [1.165, 1.54) is 15.4 Å². The molecule has 18 heavy (non-hydrogen) atoms. The normalized spacial score (nSPS) is 12.4. The maximum atomic E-state index is 5.88. The Hall–Kier alpha value is -0.770. The molecule has 0 bridgehead atoms. The van der Waals surface area contributed by atoms with Crippen molar-refractivity contribution in [2.24, 2.45) is 5.73 Å². The molecule has 0 aromatic heterocycles. The van der Waals surface area contributed by atoms with Gasteiger partial charge in [-0.05, 0) is 59.1 Å². The fourth-order valence-corrected chi connectivity index (χ4v) is 3.22. The van der Waals surface area contributed by atoms with Crippen LogP contribution < -0.4 is 5.73 Å². The van der Waals surface area contributed by atoms with Crippen LogP contribution in [0.15, 0.2) is 56.7 Å². The average Bonchev–Trinajstić information content (AvgIpc) is 2.34. The van der Waals surface area contributed by atoms with Crippen LogP contribution in [0.5, 0.6) is 0 Å². The Balaban J connectivity index is 2.28. The minimum atomic E-state index is 0.0683. The second kappa shape index (κ2) is 5.91. The van der Waals surface area contributed by atoms with Crippen molar-refractivity contribution in [3.63, 3.8) is 0 Å². The van der Waals surface area contributed by atoms with Gasteiger partial charge in [0.15, 0.2) is 0 Å². The Kier molecular flexibility index (Phi) is 4.49. The van der Waals surface area contributed by atoms with Crippen molar-refractivity contribution < 1.29 is 0 Å². The zero-order chi connectivity index (χ0) is 13.1. The third-order valence-corrected chi connectivity index (χ3v) is 4.97. The summed E-state index contributed by atoms with van der Waals surface area (Å²) in [6, 6.07) is 14.8. The smallest absolute Gasteiger partial charge is 0.0318 e. The van der Waals surface area contributed by atoms with Gasteiger partial charge in [-0.2, -0.15) is 0 Å². The zero-order valence-corrected chi connectivity index (χ0v) is 12.9. The van der Waals surface area contributed by atoms with Crippen molar-refractivity contribution >= 4 is 27.7 Å². The molecule has 94 valence electrons. The molecule has 2 N–H and O–H groups in total. The molecule has 2 aromatic carbocycles. The summed E-state index contributed by atoms with van der Waals surface area (Å²) in [7, 11) is 0. The molecule has 0 heterocycles. The maximum absolute atomic E-state index is 5.88. The molecule has 3 heteroatoms. The van der Waals surface area contributed by atoms with E-state index in [2.05, 4.69) is 65.3 Å². The Morgan fingerprint density at radius 2 is 1.83 bits per heavy atom. The molecule has 0 aliphatic carbocycles.